The molecule has 2 aromatic rings. The molecule has 0 saturated carbocycles. The van der Waals surface area contributed by atoms with Gasteiger partial charge in [-0.1, -0.05) is 43.7 Å². The number of nitrogens with two attached hydrogens (primary N) is 1. The number of aliphatic hydroxyl groups is 1. The standard InChI is InChI=1S/C27H37NO4/c1-17-14-18(2)23(27(6,7)12-13-29)21(15-17)24(30)22(28)16-19-10-8-9-11-20(19)25(31)32-26(3,4)5/h8-11,14-15,22,29H,12-13,16,28H2,1-7H3/t22-/m0/s1. The summed E-state index contributed by atoms with van der Waals surface area (Å²) in [6.45, 7) is 13.5. The number of ketones is 1. The highest BCUT2D eigenvalue weighted by Gasteiger charge is 2.30. The number of hydrogen-bond acceptors (Lipinski definition) is 5. The van der Waals surface area contributed by atoms with Gasteiger partial charge in [-0.2, -0.15) is 0 Å². The van der Waals surface area contributed by atoms with Crippen LogP contribution in [0.25, 0.3) is 0 Å². The summed E-state index contributed by atoms with van der Waals surface area (Å²) in [7, 11) is 0. The third-order valence-corrected chi connectivity index (χ3v) is 5.57. The molecule has 0 fully saturated rings. The molecular weight excluding hydrogens is 402 g/mol. The monoisotopic (exact) mass is 439 g/mol. The average Bonchev–Trinajstić information content (AvgIpc) is 2.65. The van der Waals surface area contributed by atoms with Gasteiger partial charge < -0.3 is 15.6 Å². The van der Waals surface area contributed by atoms with Gasteiger partial charge in [-0.15, -0.1) is 0 Å². The summed E-state index contributed by atoms with van der Waals surface area (Å²) < 4.78 is 5.52. The molecule has 0 aliphatic heterocycles. The fourth-order valence-corrected chi connectivity index (χ4v) is 4.22. The molecule has 1 atom stereocenters. The van der Waals surface area contributed by atoms with Crippen LogP contribution in [0.2, 0.25) is 0 Å². The number of carbonyl (C=O) groups excluding carboxylic acids is 2. The summed E-state index contributed by atoms with van der Waals surface area (Å²) in [5.74, 6) is -0.597. The zero-order valence-electron chi connectivity index (χ0n) is 20.4. The van der Waals surface area contributed by atoms with Gasteiger partial charge >= 0.3 is 5.97 Å². The second-order valence-electron chi connectivity index (χ2n) is 10.2. The first kappa shape index (κ1) is 25.8. The van der Waals surface area contributed by atoms with Crippen LogP contribution in [0.4, 0.5) is 0 Å². The molecule has 2 aromatic carbocycles. The van der Waals surface area contributed by atoms with Crippen LogP contribution in [0, 0.1) is 13.8 Å². The Kier molecular flexibility index (Phi) is 8.02. The third-order valence-electron chi connectivity index (χ3n) is 5.57. The molecule has 0 unspecified atom stereocenters. The van der Waals surface area contributed by atoms with Crippen LogP contribution < -0.4 is 5.73 Å². The van der Waals surface area contributed by atoms with E-state index in [0.717, 1.165) is 16.7 Å². The molecule has 0 radical (unpaired) electrons. The molecule has 0 aliphatic rings. The number of aliphatic hydroxyl groups excluding tert-OH is 1. The lowest BCUT2D eigenvalue weighted by Crippen LogP contribution is -2.36. The van der Waals surface area contributed by atoms with Crippen LogP contribution in [0.15, 0.2) is 36.4 Å². The molecule has 32 heavy (non-hydrogen) atoms. The molecule has 0 spiro atoms. The molecule has 3 N–H and O–H groups in total. The Balaban J connectivity index is 2.41. The molecule has 0 heterocycles. The van der Waals surface area contributed by atoms with Gasteiger partial charge in [-0.3, -0.25) is 4.79 Å². The van der Waals surface area contributed by atoms with Gasteiger partial charge in [-0.05, 0) is 81.7 Å². The molecule has 174 valence electrons. The lowest BCUT2D eigenvalue weighted by atomic mass is 9.75. The Labute approximate surface area is 192 Å². The van der Waals surface area contributed by atoms with Crippen molar-refractivity contribution < 1.29 is 19.4 Å². The largest absolute Gasteiger partial charge is 0.456 e. The quantitative estimate of drug-likeness (QED) is 0.461. The number of hydrogen-bond donors (Lipinski definition) is 2. The number of esters is 1. The van der Waals surface area contributed by atoms with E-state index in [9.17, 15) is 14.7 Å². The molecule has 0 aliphatic carbocycles. The maximum absolute atomic E-state index is 13.5. The minimum Gasteiger partial charge on any atom is -0.456 e. The third kappa shape index (κ3) is 6.27. The highest BCUT2D eigenvalue weighted by atomic mass is 16.6. The second-order valence-corrected chi connectivity index (χ2v) is 10.2. The van der Waals surface area contributed by atoms with Gasteiger partial charge in [0.1, 0.15) is 5.60 Å². The normalized spacial score (nSPS) is 13.0. The molecule has 5 heteroatoms. The second kappa shape index (κ2) is 9.97. The van der Waals surface area contributed by atoms with Crippen molar-refractivity contribution in [1.82, 2.24) is 0 Å². The van der Waals surface area contributed by atoms with E-state index in [1.807, 2.05) is 66.7 Å². The zero-order valence-corrected chi connectivity index (χ0v) is 20.4. The Morgan fingerprint density at radius 1 is 1.03 bits per heavy atom. The van der Waals surface area contributed by atoms with E-state index in [-0.39, 0.29) is 24.2 Å². The minimum atomic E-state index is -0.816. The summed E-state index contributed by atoms with van der Waals surface area (Å²) >= 11 is 0. The van der Waals surface area contributed by atoms with Crippen molar-refractivity contribution in [3.05, 3.63) is 69.8 Å². The highest BCUT2D eigenvalue weighted by Crippen LogP contribution is 2.34. The number of benzene rings is 2. The molecule has 0 aromatic heterocycles. The van der Waals surface area contributed by atoms with Gasteiger partial charge in [0.15, 0.2) is 5.78 Å². The van der Waals surface area contributed by atoms with Crippen molar-refractivity contribution in [3.8, 4) is 0 Å². The van der Waals surface area contributed by atoms with Crippen LogP contribution in [0.5, 0.6) is 0 Å². The number of ether oxygens (including phenoxy) is 1. The Bertz CT molecular complexity index is 986. The van der Waals surface area contributed by atoms with Crippen LogP contribution >= 0.6 is 0 Å². The summed E-state index contributed by atoms with van der Waals surface area (Å²) in [4.78, 5) is 26.2. The molecular formula is C27H37NO4. The van der Waals surface area contributed by atoms with Gasteiger partial charge in [0.05, 0.1) is 11.6 Å². The highest BCUT2D eigenvalue weighted by molar-refractivity contribution is 6.02. The number of aryl methyl sites for hydroxylation is 2. The molecule has 0 saturated heterocycles. The zero-order chi connectivity index (χ0) is 24.3. The smallest absolute Gasteiger partial charge is 0.338 e. The van der Waals surface area contributed by atoms with E-state index in [1.165, 1.54) is 0 Å². The van der Waals surface area contributed by atoms with Crippen molar-refractivity contribution in [3.63, 3.8) is 0 Å². The van der Waals surface area contributed by atoms with E-state index in [4.69, 9.17) is 10.5 Å². The first-order chi connectivity index (χ1) is 14.8. The fraction of sp³-hybridized carbons (Fsp3) is 0.481. The first-order valence-electron chi connectivity index (χ1n) is 11.1. The Morgan fingerprint density at radius 3 is 2.25 bits per heavy atom. The number of carbonyl (C=O) groups is 2. The summed E-state index contributed by atoms with van der Waals surface area (Å²) in [6.07, 6.45) is 0.759. The lowest BCUT2D eigenvalue weighted by molar-refractivity contribution is 0.00680. The van der Waals surface area contributed by atoms with E-state index < -0.39 is 17.6 Å². The van der Waals surface area contributed by atoms with E-state index in [0.29, 0.717) is 23.1 Å². The first-order valence-corrected chi connectivity index (χ1v) is 11.1. The van der Waals surface area contributed by atoms with Crippen LogP contribution in [0.3, 0.4) is 0 Å². The van der Waals surface area contributed by atoms with Crippen LogP contribution in [-0.4, -0.2) is 35.1 Å². The molecule has 0 bridgehead atoms. The minimum absolute atomic E-state index is 0.0310. The van der Waals surface area contributed by atoms with E-state index in [2.05, 4.69) is 6.07 Å². The lowest BCUT2D eigenvalue weighted by Gasteiger charge is -2.30. The van der Waals surface area contributed by atoms with Crippen LogP contribution in [0.1, 0.15) is 84.0 Å². The van der Waals surface area contributed by atoms with Gasteiger partial charge in [0, 0.05) is 12.2 Å². The van der Waals surface area contributed by atoms with Gasteiger partial charge in [0.25, 0.3) is 0 Å². The molecule has 2 rings (SSSR count). The Morgan fingerprint density at radius 2 is 1.66 bits per heavy atom. The maximum Gasteiger partial charge on any atom is 0.338 e. The predicted octanol–water partition coefficient (Wildman–Crippen LogP) is 4.67. The SMILES string of the molecule is Cc1cc(C)c(C(C)(C)CCO)c(C(=O)[C@@H](N)Cc2ccccc2C(=O)OC(C)(C)C)c1. The molecule has 5 nitrogen and oxygen atoms in total. The van der Waals surface area contributed by atoms with Crippen LogP contribution in [-0.2, 0) is 16.6 Å². The van der Waals surface area contributed by atoms with Crippen molar-refractivity contribution in [2.75, 3.05) is 6.61 Å². The summed E-state index contributed by atoms with van der Waals surface area (Å²) in [6, 6.07) is 10.2. The van der Waals surface area contributed by atoms with E-state index >= 15 is 0 Å². The van der Waals surface area contributed by atoms with E-state index in [1.54, 1.807) is 12.1 Å². The Hall–Kier alpha value is -2.50. The van der Waals surface area contributed by atoms with Gasteiger partial charge in [-0.25, -0.2) is 4.79 Å². The van der Waals surface area contributed by atoms with Crippen molar-refractivity contribution in [1.29, 1.82) is 0 Å². The fourth-order valence-electron chi connectivity index (χ4n) is 4.22. The predicted molar refractivity (Wildman–Crippen MR) is 128 cm³/mol. The number of rotatable bonds is 8. The summed E-state index contributed by atoms with van der Waals surface area (Å²) in [5, 5.41) is 9.55. The molecule has 0 amide bonds. The maximum atomic E-state index is 13.5. The van der Waals surface area contributed by atoms with Gasteiger partial charge in [0.2, 0.25) is 0 Å². The average molecular weight is 440 g/mol. The van der Waals surface area contributed by atoms with Crippen molar-refractivity contribution in [2.24, 2.45) is 5.73 Å². The van der Waals surface area contributed by atoms with Crippen molar-refractivity contribution >= 4 is 11.8 Å². The number of Topliss-reactive ketones (excluding diaryl/α,β-unsaturated/α-hetero) is 1. The van der Waals surface area contributed by atoms with Crippen molar-refractivity contribution in [2.45, 2.75) is 78.4 Å². The summed E-state index contributed by atoms with van der Waals surface area (Å²) in [5.41, 5.74) is 10.0. The topological polar surface area (TPSA) is 89.6 Å².